The van der Waals surface area contributed by atoms with Crippen molar-refractivity contribution in [2.45, 2.75) is 19.9 Å². The molecule has 28 heavy (non-hydrogen) atoms. The van der Waals surface area contributed by atoms with Gasteiger partial charge in [-0.2, -0.15) is 0 Å². The van der Waals surface area contributed by atoms with Crippen LogP contribution in [-0.2, 0) is 6.54 Å². The number of carbonyl (C=O) groups excluding carboxylic acids is 1. The van der Waals surface area contributed by atoms with Gasteiger partial charge < -0.3 is 14.7 Å². The molecule has 0 fully saturated rings. The number of carbonyl (C=O) groups is 1. The number of amidine groups is 1. The highest BCUT2D eigenvalue weighted by Crippen LogP contribution is 2.23. The number of aromatic nitrogens is 1. The van der Waals surface area contributed by atoms with Gasteiger partial charge in [0.2, 0.25) is 0 Å². The Morgan fingerprint density at radius 2 is 2.07 bits per heavy atom. The van der Waals surface area contributed by atoms with E-state index in [4.69, 9.17) is 21.5 Å². The molecule has 2 N–H and O–H groups in total. The third-order valence-electron chi connectivity index (χ3n) is 4.20. The minimum absolute atomic E-state index is 0.227. The third kappa shape index (κ3) is 4.61. The third-order valence-corrected chi connectivity index (χ3v) is 5.54. The van der Waals surface area contributed by atoms with Crippen molar-refractivity contribution in [1.82, 2.24) is 15.4 Å². The molecule has 0 atom stereocenters. The van der Waals surface area contributed by atoms with Gasteiger partial charge in [-0.05, 0) is 17.9 Å². The Bertz CT molecular complexity index is 965. The van der Waals surface area contributed by atoms with E-state index in [2.05, 4.69) is 17.4 Å². The maximum Gasteiger partial charge on any atom is 0.263 e. The van der Waals surface area contributed by atoms with Crippen LogP contribution in [0.4, 0.5) is 0 Å². The van der Waals surface area contributed by atoms with Gasteiger partial charge in [-0.1, -0.05) is 47.9 Å². The van der Waals surface area contributed by atoms with E-state index in [1.165, 1.54) is 11.3 Å². The molecule has 1 amide bonds. The quantitative estimate of drug-likeness (QED) is 0.433. The molecule has 2 aromatic heterocycles. The van der Waals surface area contributed by atoms with Crippen LogP contribution in [0.5, 0.6) is 0 Å². The summed E-state index contributed by atoms with van der Waals surface area (Å²) < 4.78 is 5.32. The van der Waals surface area contributed by atoms with Crippen molar-refractivity contribution in [3.05, 3.63) is 63.0 Å². The van der Waals surface area contributed by atoms with E-state index >= 15 is 0 Å². The molecule has 0 aliphatic carbocycles. The zero-order valence-corrected chi connectivity index (χ0v) is 17.2. The predicted molar refractivity (Wildman–Crippen MR) is 112 cm³/mol. The Morgan fingerprint density at radius 1 is 1.32 bits per heavy atom. The van der Waals surface area contributed by atoms with E-state index in [-0.39, 0.29) is 12.5 Å². The number of hydrogen-bond donors (Lipinski definition) is 2. The van der Waals surface area contributed by atoms with Gasteiger partial charge in [0.25, 0.3) is 5.91 Å². The van der Waals surface area contributed by atoms with E-state index in [1.54, 1.807) is 17.5 Å². The highest BCUT2D eigenvalue weighted by Gasteiger charge is 2.14. The number of nitrogens with zero attached hydrogens (tertiary/aromatic N) is 2. The van der Waals surface area contributed by atoms with Gasteiger partial charge in [-0.3, -0.25) is 10.2 Å². The van der Waals surface area contributed by atoms with Crippen LogP contribution in [0.1, 0.15) is 34.3 Å². The Kier molecular flexibility index (Phi) is 6.49. The summed E-state index contributed by atoms with van der Waals surface area (Å²) >= 11 is 7.26. The molecule has 3 aromatic rings. The molecule has 0 aliphatic rings. The van der Waals surface area contributed by atoms with Gasteiger partial charge in [0.05, 0.1) is 11.6 Å². The van der Waals surface area contributed by atoms with E-state index in [0.717, 1.165) is 24.1 Å². The maximum absolute atomic E-state index is 12.1. The van der Waals surface area contributed by atoms with Crippen LogP contribution in [-0.4, -0.2) is 35.4 Å². The number of thiophene rings is 1. The Balaban J connectivity index is 1.63. The fraction of sp³-hybridized carbons (Fsp3) is 0.250. The molecule has 3 rings (SSSR count). The topological polar surface area (TPSA) is 82.2 Å². The number of hydrogen-bond acceptors (Lipinski definition) is 5. The van der Waals surface area contributed by atoms with Gasteiger partial charge in [0.15, 0.2) is 5.76 Å². The van der Waals surface area contributed by atoms with Crippen LogP contribution in [0.3, 0.4) is 0 Å². The first-order valence-corrected chi connectivity index (χ1v) is 10.1. The van der Waals surface area contributed by atoms with Crippen molar-refractivity contribution in [2.24, 2.45) is 0 Å². The Hall–Kier alpha value is -2.64. The van der Waals surface area contributed by atoms with E-state index in [9.17, 15) is 4.79 Å². The number of rotatable bonds is 7. The van der Waals surface area contributed by atoms with Crippen molar-refractivity contribution in [2.75, 3.05) is 13.6 Å². The fourth-order valence-corrected chi connectivity index (χ4v) is 3.76. The average molecular weight is 417 g/mol. The SMILES string of the molecule is CCCN(C)C(=N)c1ccc(-c2cc(CNC(=O)c3sccc3Cl)on2)cc1. The minimum Gasteiger partial charge on any atom is -0.360 e. The fourth-order valence-electron chi connectivity index (χ4n) is 2.70. The molecule has 146 valence electrons. The molecular formula is C20H21ClN4O2S. The number of halogens is 1. The number of nitrogens with one attached hydrogen (secondary N) is 2. The first-order valence-electron chi connectivity index (χ1n) is 8.87. The molecule has 0 aliphatic heterocycles. The highest BCUT2D eigenvalue weighted by molar-refractivity contribution is 7.12. The lowest BCUT2D eigenvalue weighted by atomic mass is 10.1. The van der Waals surface area contributed by atoms with Crippen LogP contribution in [0.2, 0.25) is 5.02 Å². The summed E-state index contributed by atoms with van der Waals surface area (Å²) in [6.45, 7) is 3.16. The number of amides is 1. The summed E-state index contributed by atoms with van der Waals surface area (Å²) in [4.78, 5) is 14.5. The van der Waals surface area contributed by atoms with Crippen molar-refractivity contribution in [3.63, 3.8) is 0 Å². The molecule has 6 nitrogen and oxygen atoms in total. The van der Waals surface area contributed by atoms with Crippen LogP contribution in [0.25, 0.3) is 11.3 Å². The van der Waals surface area contributed by atoms with Crippen molar-refractivity contribution in [3.8, 4) is 11.3 Å². The second-order valence-corrected chi connectivity index (χ2v) is 7.63. The molecule has 8 heteroatoms. The molecule has 1 aromatic carbocycles. The summed E-state index contributed by atoms with van der Waals surface area (Å²) in [5, 5.41) is 17.3. The molecule has 0 unspecified atom stereocenters. The van der Waals surface area contributed by atoms with Crippen LogP contribution in [0.15, 0.2) is 46.3 Å². The second kappa shape index (κ2) is 9.03. The zero-order chi connectivity index (χ0) is 20.1. The summed E-state index contributed by atoms with van der Waals surface area (Å²) in [7, 11) is 1.92. The summed E-state index contributed by atoms with van der Waals surface area (Å²) in [5.74, 6) is 0.803. The molecule has 0 bridgehead atoms. The largest absolute Gasteiger partial charge is 0.360 e. The summed E-state index contributed by atoms with van der Waals surface area (Å²) in [6.07, 6.45) is 0.994. The first-order chi connectivity index (χ1) is 13.5. The highest BCUT2D eigenvalue weighted by atomic mass is 35.5. The van der Waals surface area contributed by atoms with Crippen molar-refractivity contribution < 1.29 is 9.32 Å². The molecule has 2 heterocycles. The van der Waals surface area contributed by atoms with Crippen LogP contribution < -0.4 is 5.32 Å². The van der Waals surface area contributed by atoms with E-state index in [1.807, 2.05) is 36.2 Å². The number of benzene rings is 1. The first kappa shape index (κ1) is 20.1. The maximum atomic E-state index is 12.1. The Labute approximate surface area is 172 Å². The van der Waals surface area contributed by atoms with E-state index in [0.29, 0.717) is 27.2 Å². The molecule has 0 saturated carbocycles. The lowest BCUT2D eigenvalue weighted by Gasteiger charge is -2.19. The molecular weight excluding hydrogens is 396 g/mol. The minimum atomic E-state index is -0.239. The van der Waals surface area contributed by atoms with Gasteiger partial charge in [-0.15, -0.1) is 11.3 Å². The van der Waals surface area contributed by atoms with Crippen LogP contribution >= 0.6 is 22.9 Å². The molecule has 0 radical (unpaired) electrons. The van der Waals surface area contributed by atoms with Gasteiger partial charge in [-0.25, -0.2) is 0 Å². The second-order valence-electron chi connectivity index (χ2n) is 6.31. The van der Waals surface area contributed by atoms with Crippen molar-refractivity contribution in [1.29, 1.82) is 5.41 Å². The summed E-state index contributed by atoms with van der Waals surface area (Å²) in [6, 6.07) is 11.1. The lowest BCUT2D eigenvalue weighted by molar-refractivity contribution is 0.0951. The lowest BCUT2D eigenvalue weighted by Crippen LogP contribution is -2.27. The summed E-state index contributed by atoms with van der Waals surface area (Å²) in [5.41, 5.74) is 2.42. The zero-order valence-electron chi connectivity index (χ0n) is 15.7. The van der Waals surface area contributed by atoms with E-state index < -0.39 is 0 Å². The standard InChI is InChI=1S/C20H21ClN4O2S/c1-3-9-25(2)19(22)14-6-4-13(5-7-14)17-11-15(27-24-17)12-23-20(26)18-16(21)8-10-28-18/h4-8,10-11,22H,3,9,12H2,1-2H3,(H,23,26). The van der Waals surface area contributed by atoms with Gasteiger partial charge in [0.1, 0.15) is 16.4 Å². The monoisotopic (exact) mass is 416 g/mol. The van der Waals surface area contributed by atoms with Gasteiger partial charge >= 0.3 is 0 Å². The normalized spacial score (nSPS) is 10.7. The molecule has 0 saturated heterocycles. The Morgan fingerprint density at radius 3 is 2.71 bits per heavy atom. The predicted octanol–water partition coefficient (Wildman–Crippen LogP) is 4.65. The van der Waals surface area contributed by atoms with Crippen LogP contribution in [0, 0.1) is 5.41 Å². The van der Waals surface area contributed by atoms with Gasteiger partial charge in [0, 0.05) is 30.8 Å². The average Bonchev–Trinajstić information content (AvgIpc) is 3.35. The smallest absolute Gasteiger partial charge is 0.263 e. The van der Waals surface area contributed by atoms with Crippen molar-refractivity contribution >= 4 is 34.7 Å². The molecule has 0 spiro atoms.